The molecule has 1 saturated heterocycles. The number of hydrogen-bond donors (Lipinski definition) is 0. The van der Waals surface area contributed by atoms with E-state index in [0.717, 1.165) is 180 Å². The summed E-state index contributed by atoms with van der Waals surface area (Å²) in [6.45, 7) is 11.4. The zero-order valence-electron chi connectivity index (χ0n) is 75.3. The van der Waals surface area contributed by atoms with Gasteiger partial charge in [0.25, 0.3) is 0 Å². The SMILES string of the molecule is CCCCCCCCCCCCCCCCCC(=O)OOC(=O)C(OC(=O)CCCCCCCCCCCCCC)(OC(=O)CCCCCCCCCCCCCCCC)C(CCCCCCCCCCC)(OC(=O)CCCCCCCCCCCCC)C1CCCCCCCCCCCCCCCCCCCCOC1=O. The number of carbonyl (C=O) groups is 6. The fourth-order valence-corrected chi connectivity index (χ4v) is 17.0. The highest BCUT2D eigenvalue weighted by Gasteiger charge is 2.73. The van der Waals surface area contributed by atoms with E-state index in [-0.39, 0.29) is 45.1 Å². The van der Waals surface area contributed by atoms with Gasteiger partial charge in [-0.15, -0.1) is 0 Å². The molecule has 0 aromatic carbocycles. The zero-order valence-corrected chi connectivity index (χ0v) is 75.3. The monoisotopic (exact) mass is 1580 g/mol. The molecule has 112 heavy (non-hydrogen) atoms. The largest absolute Gasteiger partial charge is 0.465 e. The fourth-order valence-electron chi connectivity index (χ4n) is 17.0. The van der Waals surface area contributed by atoms with Crippen molar-refractivity contribution in [1.29, 1.82) is 0 Å². The van der Waals surface area contributed by atoms with E-state index in [1.807, 2.05) is 0 Å². The number of unbranched alkanes of at least 4 members (excludes halogenated alkanes) is 56. The minimum absolute atomic E-state index is 0.0390. The minimum Gasteiger partial charge on any atom is -0.465 e. The lowest BCUT2D eigenvalue weighted by Gasteiger charge is -2.48. The molecule has 0 radical (unpaired) electrons. The van der Waals surface area contributed by atoms with Gasteiger partial charge >= 0.3 is 41.6 Å². The van der Waals surface area contributed by atoms with Crippen LogP contribution in [0.5, 0.6) is 0 Å². The van der Waals surface area contributed by atoms with Gasteiger partial charge in [0.2, 0.25) is 5.60 Å². The average molecular weight is 1580 g/mol. The third-order valence-electron chi connectivity index (χ3n) is 24.4. The molecule has 0 saturated carbocycles. The normalized spacial score (nSPS) is 15.9. The van der Waals surface area contributed by atoms with Gasteiger partial charge in [0.15, 0.2) is 0 Å². The Kier molecular flexibility index (Phi) is 79.1. The molecule has 3 atom stereocenters. The minimum atomic E-state index is -3.22. The highest BCUT2D eigenvalue weighted by Crippen LogP contribution is 2.48. The van der Waals surface area contributed by atoms with Crippen molar-refractivity contribution >= 4 is 35.8 Å². The third-order valence-corrected chi connectivity index (χ3v) is 24.4. The molecule has 1 fully saturated rings. The summed E-state index contributed by atoms with van der Waals surface area (Å²) in [7, 11) is 0. The molecule has 660 valence electrons. The van der Waals surface area contributed by atoms with Gasteiger partial charge < -0.3 is 18.9 Å². The molecule has 12 nitrogen and oxygen atoms in total. The molecule has 12 heteroatoms. The van der Waals surface area contributed by atoms with Gasteiger partial charge in [-0.25, -0.2) is 19.4 Å². The van der Waals surface area contributed by atoms with Crippen molar-refractivity contribution in [2.75, 3.05) is 6.61 Å². The number of esters is 4. The van der Waals surface area contributed by atoms with E-state index < -0.39 is 53.1 Å². The molecule has 1 aliphatic rings. The molecule has 1 heterocycles. The molecule has 0 aromatic heterocycles. The Morgan fingerprint density at radius 1 is 0.259 bits per heavy atom. The van der Waals surface area contributed by atoms with Gasteiger partial charge in [-0.05, 0) is 51.4 Å². The van der Waals surface area contributed by atoms with Crippen LogP contribution < -0.4 is 0 Å². The molecule has 3 unspecified atom stereocenters. The molecule has 0 spiro atoms. The molecule has 0 bridgehead atoms. The van der Waals surface area contributed by atoms with Crippen molar-refractivity contribution in [3.63, 3.8) is 0 Å². The van der Waals surface area contributed by atoms with Gasteiger partial charge in [-0.1, -0.05) is 503 Å². The Hall–Kier alpha value is -3.18. The summed E-state index contributed by atoms with van der Waals surface area (Å²) in [6.07, 6.45) is 85.2. The summed E-state index contributed by atoms with van der Waals surface area (Å²) < 4.78 is 27.3. The van der Waals surface area contributed by atoms with E-state index in [9.17, 15) is 4.79 Å². The van der Waals surface area contributed by atoms with Crippen molar-refractivity contribution in [3.8, 4) is 0 Å². The molecular weight excluding hydrogens is 1390 g/mol. The lowest BCUT2D eigenvalue weighted by atomic mass is 9.73. The van der Waals surface area contributed by atoms with Crippen LogP contribution in [0.25, 0.3) is 0 Å². The number of carbonyl (C=O) groups excluding carboxylic acids is 6. The highest BCUT2D eigenvalue weighted by atomic mass is 17.2. The summed E-state index contributed by atoms with van der Waals surface area (Å²) in [5.74, 6) is -10.0. The lowest BCUT2D eigenvalue weighted by molar-refractivity contribution is -0.334. The van der Waals surface area contributed by atoms with Crippen LogP contribution in [0.4, 0.5) is 0 Å². The van der Waals surface area contributed by atoms with Crippen LogP contribution in [0, 0.1) is 5.92 Å². The highest BCUT2D eigenvalue weighted by molar-refractivity contribution is 5.89. The molecule has 1 rings (SSSR count). The van der Waals surface area contributed by atoms with Crippen LogP contribution in [-0.4, -0.2) is 53.8 Å². The van der Waals surface area contributed by atoms with E-state index in [4.69, 9.17) is 28.7 Å². The summed E-state index contributed by atoms with van der Waals surface area (Å²) in [5, 5.41) is 0. The summed E-state index contributed by atoms with van der Waals surface area (Å²) in [4.78, 5) is 105. The van der Waals surface area contributed by atoms with Gasteiger partial charge in [0.1, 0.15) is 5.92 Å². The quantitative estimate of drug-likeness (QED) is 0.0142. The standard InChI is InChI=1S/C100H188O12/c1-6-11-16-21-26-31-35-38-44-49-55-61-68-75-82-89-96(104)111-112-98(106)100(109-94(102)87-80-73-66-59-53-37-33-28-23-18-13-8-3,110-95(103)88-81-74-67-60-54-48-39-36-32-27-22-17-12-7-2)99(90-83-76-69-62-30-25-20-15-10-5,108-93(101)86-79-72-65-58-51-34-29-24-19-14-9-4)92-85-78-71-64-57-52-47-45-42-40-41-43-46-50-56-63-70-77-84-91-107-97(92)105/h92H,6-91H2,1-5H3. The second kappa shape index (κ2) is 82.9. The third kappa shape index (κ3) is 63.0. The number of rotatable bonds is 72. The number of ether oxygens (including phenoxy) is 4. The van der Waals surface area contributed by atoms with Crippen molar-refractivity contribution in [2.24, 2.45) is 5.92 Å². The van der Waals surface area contributed by atoms with Gasteiger partial charge in [-0.2, -0.15) is 0 Å². The molecule has 0 aromatic rings. The first-order chi connectivity index (χ1) is 55.1. The molecule has 0 aliphatic carbocycles. The zero-order chi connectivity index (χ0) is 81.1. The molecule has 0 amide bonds. The summed E-state index contributed by atoms with van der Waals surface area (Å²) >= 11 is 0. The topological polar surface area (TPSA) is 158 Å². The summed E-state index contributed by atoms with van der Waals surface area (Å²) in [6, 6.07) is 0. The molecule has 1 aliphatic heterocycles. The second-order valence-electron chi connectivity index (χ2n) is 35.2. The van der Waals surface area contributed by atoms with Crippen molar-refractivity contribution in [2.45, 2.75) is 592 Å². The van der Waals surface area contributed by atoms with Crippen molar-refractivity contribution < 1.29 is 57.5 Å². The maximum Gasteiger partial charge on any atom is 0.444 e. The van der Waals surface area contributed by atoms with Crippen LogP contribution in [0.3, 0.4) is 0 Å². The van der Waals surface area contributed by atoms with Crippen molar-refractivity contribution in [1.82, 2.24) is 0 Å². The van der Waals surface area contributed by atoms with Crippen LogP contribution in [-0.2, 0) is 57.5 Å². The average Bonchev–Trinajstić information content (AvgIpc) is 0.726. The van der Waals surface area contributed by atoms with E-state index in [1.165, 1.54) is 276 Å². The molecular formula is C100H188O12. The Labute approximate surface area is 693 Å². The smallest absolute Gasteiger partial charge is 0.444 e. The Morgan fingerprint density at radius 2 is 0.473 bits per heavy atom. The van der Waals surface area contributed by atoms with E-state index in [0.29, 0.717) is 51.4 Å². The first-order valence-electron chi connectivity index (χ1n) is 50.3. The maximum absolute atomic E-state index is 16.4. The first kappa shape index (κ1) is 107. The summed E-state index contributed by atoms with van der Waals surface area (Å²) in [5.41, 5.74) is -2.50. The maximum atomic E-state index is 16.4. The van der Waals surface area contributed by atoms with E-state index in [1.54, 1.807) is 0 Å². The second-order valence-corrected chi connectivity index (χ2v) is 35.2. The lowest BCUT2D eigenvalue weighted by Crippen LogP contribution is -2.70. The van der Waals surface area contributed by atoms with Gasteiger partial charge in [0, 0.05) is 19.3 Å². The Morgan fingerprint density at radius 3 is 0.741 bits per heavy atom. The fraction of sp³-hybridized carbons (Fsp3) is 0.940. The number of cyclic esters (lactones) is 1. The van der Waals surface area contributed by atoms with Crippen LogP contribution in [0.2, 0.25) is 0 Å². The Bertz CT molecular complexity index is 2070. The van der Waals surface area contributed by atoms with Gasteiger partial charge in [-0.3, -0.25) is 19.2 Å². The first-order valence-corrected chi connectivity index (χ1v) is 50.3. The molecule has 0 N–H and O–H groups in total. The van der Waals surface area contributed by atoms with Gasteiger partial charge in [0.05, 0.1) is 13.0 Å². The van der Waals surface area contributed by atoms with Crippen LogP contribution in [0.15, 0.2) is 0 Å². The van der Waals surface area contributed by atoms with Crippen LogP contribution >= 0.6 is 0 Å². The van der Waals surface area contributed by atoms with Crippen molar-refractivity contribution in [3.05, 3.63) is 0 Å². The van der Waals surface area contributed by atoms with Crippen LogP contribution in [0.1, 0.15) is 580 Å². The number of hydrogen-bond acceptors (Lipinski definition) is 12. The predicted molar refractivity (Wildman–Crippen MR) is 471 cm³/mol. The van der Waals surface area contributed by atoms with E-state index >= 15 is 24.0 Å². The Balaban J connectivity index is 4.21. The van der Waals surface area contributed by atoms with E-state index in [2.05, 4.69) is 34.6 Å². The predicted octanol–water partition coefficient (Wildman–Crippen LogP) is 32.5.